The first-order chi connectivity index (χ1) is 9.65. The van der Waals surface area contributed by atoms with Crippen LogP contribution in [0.2, 0.25) is 10.0 Å². The Bertz CT molecular complexity index is 493. The molecule has 0 unspecified atom stereocenters. The molecule has 0 N–H and O–H groups in total. The monoisotopic (exact) mass is 325 g/mol. The maximum Gasteiger partial charge on any atom is 0.190 e. The van der Waals surface area contributed by atoms with Crippen molar-refractivity contribution >= 4 is 42.4 Å². The zero-order chi connectivity index (χ0) is 14.5. The molecule has 0 atom stereocenters. The van der Waals surface area contributed by atoms with E-state index in [1.807, 2.05) is 48.5 Å². The number of rotatable bonds is 5. The molecule has 1 radical (unpaired) electrons. The molecular formula is C15H15Cl2O2Si. The summed E-state index contributed by atoms with van der Waals surface area (Å²) in [5, 5.41) is 3.79. The third kappa shape index (κ3) is 3.62. The first-order valence-corrected chi connectivity index (χ1v) is 8.43. The highest BCUT2D eigenvalue weighted by molar-refractivity contribution is 6.85. The van der Waals surface area contributed by atoms with E-state index in [-0.39, 0.29) is 5.91 Å². The van der Waals surface area contributed by atoms with Crippen LogP contribution in [-0.2, 0) is 9.47 Å². The molecule has 0 saturated carbocycles. The Kier molecular flexibility index (Phi) is 5.63. The highest BCUT2D eigenvalue weighted by Crippen LogP contribution is 2.09. The van der Waals surface area contributed by atoms with E-state index in [4.69, 9.17) is 32.7 Å². The first kappa shape index (κ1) is 15.5. The van der Waals surface area contributed by atoms with Gasteiger partial charge < -0.3 is 9.47 Å². The van der Waals surface area contributed by atoms with Crippen LogP contribution in [0, 0.1) is 0 Å². The molecule has 0 heterocycles. The summed E-state index contributed by atoms with van der Waals surface area (Å²) in [5.41, 5.74) is 0. The van der Waals surface area contributed by atoms with Gasteiger partial charge in [0.2, 0.25) is 0 Å². The van der Waals surface area contributed by atoms with E-state index < -0.39 is 8.80 Å². The molecule has 0 aliphatic rings. The van der Waals surface area contributed by atoms with Crippen molar-refractivity contribution in [2.75, 3.05) is 14.2 Å². The van der Waals surface area contributed by atoms with E-state index in [9.17, 15) is 0 Å². The van der Waals surface area contributed by atoms with Crippen molar-refractivity contribution in [2.24, 2.45) is 0 Å². The molecule has 2 nitrogen and oxygen atoms in total. The van der Waals surface area contributed by atoms with E-state index in [0.717, 1.165) is 10.0 Å². The van der Waals surface area contributed by atoms with Gasteiger partial charge >= 0.3 is 0 Å². The number of halogens is 2. The maximum atomic E-state index is 5.96. The minimum atomic E-state index is -1.23. The van der Waals surface area contributed by atoms with Crippen LogP contribution in [0.3, 0.4) is 0 Å². The molecule has 2 rings (SSSR count). The SMILES string of the molecule is COC(OC)[Si](c1ccc(Cl)cc1)c1ccc(Cl)cc1. The number of hydrogen-bond donors (Lipinski definition) is 0. The summed E-state index contributed by atoms with van der Waals surface area (Å²) in [5.74, 6) is -0.276. The van der Waals surface area contributed by atoms with Gasteiger partial charge in [-0.15, -0.1) is 0 Å². The molecule has 0 aliphatic heterocycles. The lowest BCUT2D eigenvalue weighted by Gasteiger charge is -2.23. The largest absolute Gasteiger partial charge is 0.359 e. The predicted molar refractivity (Wildman–Crippen MR) is 85.7 cm³/mol. The molecule has 5 heteroatoms. The van der Waals surface area contributed by atoms with Crippen LogP contribution >= 0.6 is 23.2 Å². The Morgan fingerprint density at radius 2 is 1.10 bits per heavy atom. The molecule has 0 spiro atoms. The topological polar surface area (TPSA) is 18.5 Å². The van der Waals surface area contributed by atoms with Crippen LogP contribution in [-0.4, -0.2) is 28.9 Å². The normalized spacial score (nSPS) is 11.3. The van der Waals surface area contributed by atoms with Crippen molar-refractivity contribution in [1.29, 1.82) is 0 Å². The van der Waals surface area contributed by atoms with Gasteiger partial charge in [0.05, 0.1) is 0 Å². The average molecular weight is 326 g/mol. The fourth-order valence-electron chi connectivity index (χ4n) is 2.03. The fourth-order valence-corrected chi connectivity index (χ4v) is 4.68. The van der Waals surface area contributed by atoms with Crippen molar-refractivity contribution in [3.05, 3.63) is 58.6 Å². The smallest absolute Gasteiger partial charge is 0.190 e. The van der Waals surface area contributed by atoms with Gasteiger partial charge in [-0.2, -0.15) is 0 Å². The zero-order valence-electron chi connectivity index (χ0n) is 11.3. The summed E-state index contributed by atoms with van der Waals surface area (Å²) in [6.45, 7) is 0. The van der Waals surface area contributed by atoms with Crippen molar-refractivity contribution < 1.29 is 9.47 Å². The Morgan fingerprint density at radius 1 is 0.750 bits per heavy atom. The van der Waals surface area contributed by atoms with E-state index in [1.54, 1.807) is 14.2 Å². The first-order valence-electron chi connectivity index (χ1n) is 6.10. The summed E-state index contributed by atoms with van der Waals surface area (Å²) < 4.78 is 11.0. The van der Waals surface area contributed by atoms with Gasteiger partial charge in [-0.3, -0.25) is 0 Å². The van der Waals surface area contributed by atoms with E-state index in [1.165, 1.54) is 10.4 Å². The summed E-state index contributed by atoms with van der Waals surface area (Å²) in [6, 6.07) is 15.7. The average Bonchev–Trinajstić information content (AvgIpc) is 2.47. The summed E-state index contributed by atoms with van der Waals surface area (Å²) in [6.07, 6.45) is 0. The van der Waals surface area contributed by atoms with E-state index in [0.29, 0.717) is 0 Å². The molecule has 20 heavy (non-hydrogen) atoms. The second-order valence-corrected chi connectivity index (χ2v) is 7.56. The van der Waals surface area contributed by atoms with Gasteiger partial charge in [-0.25, -0.2) is 0 Å². The minimum Gasteiger partial charge on any atom is -0.359 e. The van der Waals surface area contributed by atoms with Gasteiger partial charge in [0, 0.05) is 24.3 Å². The summed E-state index contributed by atoms with van der Waals surface area (Å²) in [4.78, 5) is 0. The second kappa shape index (κ2) is 7.25. The minimum absolute atomic E-state index is 0.276. The van der Waals surface area contributed by atoms with Gasteiger partial charge in [-0.1, -0.05) is 57.8 Å². The number of benzene rings is 2. The van der Waals surface area contributed by atoms with Gasteiger partial charge in [0.1, 0.15) is 5.91 Å². The molecule has 0 aromatic heterocycles. The lowest BCUT2D eigenvalue weighted by atomic mass is 10.4. The van der Waals surface area contributed by atoms with Crippen LogP contribution in [0.1, 0.15) is 0 Å². The number of methoxy groups -OCH3 is 2. The lowest BCUT2D eigenvalue weighted by molar-refractivity contribution is -0.0448. The van der Waals surface area contributed by atoms with Gasteiger partial charge in [0.15, 0.2) is 8.80 Å². The lowest BCUT2D eigenvalue weighted by Crippen LogP contribution is -2.53. The van der Waals surface area contributed by atoms with E-state index in [2.05, 4.69) is 0 Å². The highest BCUT2D eigenvalue weighted by atomic mass is 35.5. The number of hydrogen-bond acceptors (Lipinski definition) is 2. The van der Waals surface area contributed by atoms with Crippen molar-refractivity contribution in [3.8, 4) is 0 Å². The van der Waals surface area contributed by atoms with Gasteiger partial charge in [-0.05, 0) is 24.3 Å². The quantitative estimate of drug-likeness (QED) is 0.621. The Balaban J connectivity index is 2.43. The second-order valence-electron chi connectivity index (χ2n) is 4.23. The standard InChI is InChI=1S/C15H15Cl2O2Si/c1-18-15(19-2)20(13-7-3-11(16)4-8-13)14-9-5-12(17)6-10-14/h3-10,15H,1-2H3. The molecule has 0 amide bonds. The van der Waals surface area contributed by atoms with Crippen LogP contribution in [0.25, 0.3) is 0 Å². The van der Waals surface area contributed by atoms with Crippen LogP contribution in [0.15, 0.2) is 48.5 Å². The third-order valence-electron chi connectivity index (χ3n) is 2.97. The summed E-state index contributed by atoms with van der Waals surface area (Å²) in [7, 11) is 2.08. The highest BCUT2D eigenvalue weighted by Gasteiger charge is 2.27. The van der Waals surface area contributed by atoms with Gasteiger partial charge in [0.25, 0.3) is 0 Å². The molecule has 0 fully saturated rings. The summed E-state index contributed by atoms with van der Waals surface area (Å²) >= 11 is 11.9. The Labute approximate surface area is 130 Å². The zero-order valence-corrected chi connectivity index (χ0v) is 13.8. The van der Waals surface area contributed by atoms with Crippen molar-refractivity contribution in [1.82, 2.24) is 0 Å². The van der Waals surface area contributed by atoms with Crippen LogP contribution in [0.4, 0.5) is 0 Å². The molecule has 0 aliphatic carbocycles. The molecule has 2 aromatic carbocycles. The molecule has 105 valence electrons. The molecular weight excluding hydrogens is 311 g/mol. The van der Waals surface area contributed by atoms with Crippen LogP contribution < -0.4 is 10.4 Å². The predicted octanol–water partition coefficient (Wildman–Crippen LogP) is 2.76. The van der Waals surface area contributed by atoms with E-state index >= 15 is 0 Å². The van der Waals surface area contributed by atoms with Crippen molar-refractivity contribution in [3.63, 3.8) is 0 Å². The molecule has 0 saturated heterocycles. The molecule has 0 bridgehead atoms. The fraction of sp³-hybridized carbons (Fsp3) is 0.200. The number of ether oxygens (including phenoxy) is 2. The third-order valence-corrected chi connectivity index (χ3v) is 6.33. The molecule has 2 aromatic rings. The maximum absolute atomic E-state index is 5.96. The van der Waals surface area contributed by atoms with Crippen molar-refractivity contribution in [2.45, 2.75) is 5.91 Å². The Hall–Kier alpha value is -0.843. The van der Waals surface area contributed by atoms with Crippen LogP contribution in [0.5, 0.6) is 0 Å². The Morgan fingerprint density at radius 3 is 1.40 bits per heavy atom.